The molecule has 0 aliphatic rings. The van der Waals surface area contributed by atoms with Crippen molar-refractivity contribution in [2.24, 2.45) is 0 Å². The molecule has 1 atom stereocenters. The first-order chi connectivity index (χ1) is 10.6. The summed E-state index contributed by atoms with van der Waals surface area (Å²) in [5.74, 6) is 0.472. The Hall–Kier alpha value is -2.00. The van der Waals surface area contributed by atoms with Crippen LogP contribution >= 0.6 is 11.6 Å². The molecule has 4 heteroatoms. The van der Waals surface area contributed by atoms with Crippen LogP contribution in [-0.4, -0.2) is 11.9 Å². The predicted molar refractivity (Wildman–Crippen MR) is 89.4 cm³/mol. The summed E-state index contributed by atoms with van der Waals surface area (Å²) in [6, 6.07) is 14.9. The molecule has 2 aromatic carbocycles. The van der Waals surface area contributed by atoms with Crippen molar-refractivity contribution >= 4 is 17.5 Å². The van der Waals surface area contributed by atoms with Crippen LogP contribution in [0.3, 0.4) is 0 Å². The summed E-state index contributed by atoms with van der Waals surface area (Å²) in [6.45, 7) is 4.41. The van der Waals surface area contributed by atoms with Gasteiger partial charge in [-0.3, -0.25) is 4.79 Å². The second kappa shape index (κ2) is 7.85. The minimum Gasteiger partial charge on any atom is -0.488 e. The highest BCUT2D eigenvalue weighted by Crippen LogP contribution is 2.20. The SMILES string of the molecule is CC[C@@H](C)NC(=O)c1ccccc1OCc1ccc(Cl)cc1. The van der Waals surface area contributed by atoms with Gasteiger partial charge in [0.2, 0.25) is 0 Å². The Morgan fingerprint density at radius 3 is 2.55 bits per heavy atom. The Bertz CT molecular complexity index is 625. The number of hydrogen-bond donors (Lipinski definition) is 1. The molecule has 3 nitrogen and oxygen atoms in total. The number of hydrogen-bond acceptors (Lipinski definition) is 2. The molecule has 0 fully saturated rings. The number of amides is 1. The monoisotopic (exact) mass is 317 g/mol. The summed E-state index contributed by atoms with van der Waals surface area (Å²) in [5, 5.41) is 3.65. The summed E-state index contributed by atoms with van der Waals surface area (Å²) >= 11 is 5.86. The van der Waals surface area contributed by atoms with E-state index in [-0.39, 0.29) is 11.9 Å². The molecular weight excluding hydrogens is 298 g/mol. The van der Waals surface area contributed by atoms with Gasteiger partial charge in [0.1, 0.15) is 12.4 Å². The van der Waals surface area contributed by atoms with Crippen molar-refractivity contribution in [2.45, 2.75) is 32.9 Å². The molecule has 0 aliphatic carbocycles. The van der Waals surface area contributed by atoms with E-state index < -0.39 is 0 Å². The summed E-state index contributed by atoms with van der Waals surface area (Å²) < 4.78 is 5.80. The van der Waals surface area contributed by atoms with E-state index in [1.165, 1.54) is 0 Å². The van der Waals surface area contributed by atoms with E-state index in [1.54, 1.807) is 12.1 Å². The van der Waals surface area contributed by atoms with Gasteiger partial charge in [0.25, 0.3) is 5.91 Å². The molecule has 0 heterocycles. The molecule has 0 saturated carbocycles. The summed E-state index contributed by atoms with van der Waals surface area (Å²) in [7, 11) is 0. The van der Waals surface area contributed by atoms with Crippen LogP contribution in [0.5, 0.6) is 5.75 Å². The van der Waals surface area contributed by atoms with Crippen LogP contribution < -0.4 is 10.1 Å². The van der Waals surface area contributed by atoms with Gasteiger partial charge >= 0.3 is 0 Å². The normalized spacial score (nSPS) is 11.8. The maximum atomic E-state index is 12.3. The van der Waals surface area contributed by atoms with E-state index in [0.29, 0.717) is 22.9 Å². The quantitative estimate of drug-likeness (QED) is 0.855. The highest BCUT2D eigenvalue weighted by atomic mass is 35.5. The van der Waals surface area contributed by atoms with Gasteiger partial charge in [0.05, 0.1) is 5.56 Å². The Morgan fingerprint density at radius 1 is 1.18 bits per heavy atom. The number of halogens is 1. The molecule has 1 N–H and O–H groups in total. The standard InChI is InChI=1S/C18H20ClNO2/c1-3-13(2)20-18(21)16-6-4-5-7-17(16)22-12-14-8-10-15(19)11-9-14/h4-11,13H,3,12H2,1-2H3,(H,20,21)/t13-/m1/s1. The molecule has 0 spiro atoms. The minimum atomic E-state index is -0.110. The third-order valence-corrected chi connectivity index (χ3v) is 3.68. The third kappa shape index (κ3) is 4.50. The molecule has 1 amide bonds. The fraction of sp³-hybridized carbons (Fsp3) is 0.278. The van der Waals surface area contributed by atoms with Gasteiger partial charge in [-0.2, -0.15) is 0 Å². The van der Waals surface area contributed by atoms with Crippen LogP contribution in [0.1, 0.15) is 36.2 Å². The van der Waals surface area contributed by atoms with Gasteiger partial charge in [-0.05, 0) is 43.2 Å². The van der Waals surface area contributed by atoms with Crippen molar-refractivity contribution in [3.8, 4) is 5.75 Å². The van der Waals surface area contributed by atoms with E-state index in [4.69, 9.17) is 16.3 Å². The number of rotatable bonds is 6. The van der Waals surface area contributed by atoms with Crippen molar-refractivity contribution in [1.82, 2.24) is 5.32 Å². The smallest absolute Gasteiger partial charge is 0.255 e. The minimum absolute atomic E-state index is 0.110. The van der Waals surface area contributed by atoms with Crippen LogP contribution in [0.15, 0.2) is 48.5 Å². The van der Waals surface area contributed by atoms with E-state index in [9.17, 15) is 4.79 Å². The largest absolute Gasteiger partial charge is 0.488 e. The highest BCUT2D eigenvalue weighted by molar-refractivity contribution is 6.30. The maximum Gasteiger partial charge on any atom is 0.255 e. The molecule has 0 aromatic heterocycles. The van der Waals surface area contributed by atoms with Crippen molar-refractivity contribution in [1.29, 1.82) is 0 Å². The Morgan fingerprint density at radius 2 is 1.86 bits per heavy atom. The lowest BCUT2D eigenvalue weighted by Crippen LogP contribution is -2.32. The number of carbonyl (C=O) groups is 1. The van der Waals surface area contributed by atoms with Crippen LogP contribution in [0.2, 0.25) is 5.02 Å². The topological polar surface area (TPSA) is 38.3 Å². The number of para-hydroxylation sites is 1. The Kier molecular flexibility index (Phi) is 5.84. The predicted octanol–water partition coefficient (Wildman–Crippen LogP) is 4.45. The van der Waals surface area contributed by atoms with Gasteiger partial charge in [0, 0.05) is 11.1 Å². The second-order valence-electron chi connectivity index (χ2n) is 5.19. The van der Waals surface area contributed by atoms with E-state index in [2.05, 4.69) is 5.32 Å². The molecule has 2 rings (SSSR count). The second-order valence-corrected chi connectivity index (χ2v) is 5.63. The van der Waals surface area contributed by atoms with Crippen molar-refractivity contribution < 1.29 is 9.53 Å². The number of nitrogens with one attached hydrogen (secondary N) is 1. The lowest BCUT2D eigenvalue weighted by Gasteiger charge is -2.14. The highest BCUT2D eigenvalue weighted by Gasteiger charge is 2.13. The van der Waals surface area contributed by atoms with E-state index in [0.717, 1.165) is 12.0 Å². The van der Waals surface area contributed by atoms with E-state index >= 15 is 0 Å². The molecule has 22 heavy (non-hydrogen) atoms. The molecule has 2 aromatic rings. The average molecular weight is 318 g/mol. The Balaban J connectivity index is 2.07. The lowest BCUT2D eigenvalue weighted by atomic mass is 10.1. The molecule has 0 unspecified atom stereocenters. The molecule has 0 aliphatic heterocycles. The number of ether oxygens (including phenoxy) is 1. The average Bonchev–Trinajstić information content (AvgIpc) is 2.54. The molecule has 0 radical (unpaired) electrons. The van der Waals surface area contributed by atoms with Gasteiger partial charge in [-0.25, -0.2) is 0 Å². The summed E-state index contributed by atoms with van der Waals surface area (Å²) in [6.07, 6.45) is 0.888. The fourth-order valence-corrected chi connectivity index (χ4v) is 2.05. The molecular formula is C18H20ClNO2. The molecule has 0 saturated heterocycles. The van der Waals surface area contributed by atoms with Crippen molar-refractivity contribution in [3.63, 3.8) is 0 Å². The van der Waals surface area contributed by atoms with Crippen LogP contribution in [0.25, 0.3) is 0 Å². The van der Waals surface area contributed by atoms with Crippen LogP contribution in [0, 0.1) is 0 Å². The van der Waals surface area contributed by atoms with Crippen molar-refractivity contribution in [2.75, 3.05) is 0 Å². The zero-order valence-electron chi connectivity index (χ0n) is 12.8. The van der Waals surface area contributed by atoms with Crippen LogP contribution in [-0.2, 0) is 6.61 Å². The lowest BCUT2D eigenvalue weighted by molar-refractivity contribution is 0.0934. The molecule has 0 bridgehead atoms. The Labute approximate surface area is 136 Å². The molecule has 116 valence electrons. The summed E-state index contributed by atoms with van der Waals surface area (Å²) in [4.78, 5) is 12.3. The third-order valence-electron chi connectivity index (χ3n) is 3.43. The fourth-order valence-electron chi connectivity index (χ4n) is 1.93. The van der Waals surface area contributed by atoms with Gasteiger partial charge in [-0.15, -0.1) is 0 Å². The van der Waals surface area contributed by atoms with Gasteiger partial charge < -0.3 is 10.1 Å². The van der Waals surface area contributed by atoms with Gasteiger partial charge in [0.15, 0.2) is 0 Å². The summed E-state index contributed by atoms with van der Waals surface area (Å²) in [5.41, 5.74) is 1.55. The van der Waals surface area contributed by atoms with Gasteiger partial charge in [-0.1, -0.05) is 42.8 Å². The first-order valence-corrected chi connectivity index (χ1v) is 7.75. The van der Waals surface area contributed by atoms with Crippen molar-refractivity contribution in [3.05, 3.63) is 64.7 Å². The first-order valence-electron chi connectivity index (χ1n) is 7.37. The number of carbonyl (C=O) groups excluding carboxylic acids is 1. The van der Waals surface area contributed by atoms with Crippen LogP contribution in [0.4, 0.5) is 0 Å². The zero-order valence-corrected chi connectivity index (χ0v) is 13.6. The number of benzene rings is 2. The first kappa shape index (κ1) is 16.4. The zero-order chi connectivity index (χ0) is 15.9. The van der Waals surface area contributed by atoms with E-state index in [1.807, 2.05) is 50.2 Å². The maximum absolute atomic E-state index is 12.3.